The van der Waals surface area contributed by atoms with Crippen LogP contribution in [0.5, 0.6) is 0 Å². The first-order valence-corrected chi connectivity index (χ1v) is 16.2. The zero-order valence-corrected chi connectivity index (χ0v) is 26.6. The molecule has 9 heteroatoms. The second kappa shape index (κ2) is 19.0. The number of nitrogens with two attached hydrogens (primary N) is 1. The minimum Gasteiger partial charge on any atom is -0.472 e. The van der Waals surface area contributed by atoms with Gasteiger partial charge in [0.25, 0.3) is 11.1 Å². The lowest BCUT2D eigenvalue weighted by Crippen LogP contribution is -2.45. The standard InChI is InChI=1S/C18H22N2O2.C13H20N2.C5H3ClO2/c21-18(16-9-13-22-14-16)19-17-7-11-20(12-8-17)10-6-15-4-2-1-3-5-15;14-13-7-10-15(11-8-13)9-6-12-4-2-1-3-5-12;6-5(7)4-1-2-8-3-4/h1-5,9,13-14,17H,6-8,10-12H2,(H,19,21);1-5,13H,6-11,14H2;1-3H. The fourth-order valence-corrected chi connectivity index (χ4v) is 5.49. The van der Waals surface area contributed by atoms with Crippen molar-refractivity contribution in [2.75, 3.05) is 39.3 Å². The van der Waals surface area contributed by atoms with Crippen molar-refractivity contribution in [3.63, 3.8) is 0 Å². The smallest absolute Gasteiger partial charge is 0.255 e. The van der Waals surface area contributed by atoms with Crippen molar-refractivity contribution in [1.82, 2.24) is 15.1 Å². The quantitative estimate of drug-likeness (QED) is 0.217. The Kier molecular flexibility index (Phi) is 14.4. The lowest BCUT2D eigenvalue weighted by Gasteiger charge is -2.32. The van der Waals surface area contributed by atoms with Crippen molar-refractivity contribution in [3.05, 3.63) is 120 Å². The van der Waals surface area contributed by atoms with Gasteiger partial charge in [-0.3, -0.25) is 9.59 Å². The highest BCUT2D eigenvalue weighted by atomic mass is 35.5. The molecule has 45 heavy (non-hydrogen) atoms. The summed E-state index contributed by atoms with van der Waals surface area (Å²) in [5.74, 6) is -0.0310. The summed E-state index contributed by atoms with van der Waals surface area (Å²) in [6.45, 7) is 6.71. The number of amides is 1. The summed E-state index contributed by atoms with van der Waals surface area (Å²) in [5.41, 5.74) is 9.70. The van der Waals surface area contributed by atoms with Gasteiger partial charge in [-0.25, -0.2) is 0 Å². The maximum absolute atomic E-state index is 12.0. The van der Waals surface area contributed by atoms with Gasteiger partial charge in [0, 0.05) is 38.3 Å². The molecule has 2 fully saturated rings. The zero-order valence-electron chi connectivity index (χ0n) is 25.9. The van der Waals surface area contributed by atoms with Crippen LogP contribution in [0.15, 0.2) is 107 Å². The molecule has 240 valence electrons. The van der Waals surface area contributed by atoms with Gasteiger partial charge in [-0.2, -0.15) is 0 Å². The molecule has 2 aliphatic heterocycles. The number of furan rings is 2. The molecular weight excluding hydrogens is 588 g/mol. The highest BCUT2D eigenvalue weighted by Gasteiger charge is 2.21. The third kappa shape index (κ3) is 12.7. The number of carbonyl (C=O) groups excluding carboxylic acids is 2. The second-order valence-electron chi connectivity index (χ2n) is 11.5. The maximum atomic E-state index is 12.0. The Morgan fingerprint density at radius 1 is 0.711 bits per heavy atom. The molecule has 0 bridgehead atoms. The summed E-state index contributed by atoms with van der Waals surface area (Å²) in [5, 5.41) is 2.60. The van der Waals surface area contributed by atoms with Crippen LogP contribution in [0.1, 0.15) is 57.5 Å². The molecule has 1 amide bonds. The highest BCUT2D eigenvalue weighted by Crippen LogP contribution is 2.13. The van der Waals surface area contributed by atoms with Gasteiger partial charge < -0.3 is 29.7 Å². The molecule has 2 aromatic heterocycles. The molecule has 0 unspecified atom stereocenters. The molecule has 2 aliphatic rings. The van der Waals surface area contributed by atoms with E-state index in [2.05, 4.69) is 80.2 Å². The number of halogens is 1. The average molecular weight is 633 g/mol. The van der Waals surface area contributed by atoms with Gasteiger partial charge in [0.15, 0.2) is 0 Å². The molecule has 0 aliphatic carbocycles. The van der Waals surface area contributed by atoms with Gasteiger partial charge in [0.05, 0.1) is 23.7 Å². The first-order chi connectivity index (χ1) is 22.0. The largest absolute Gasteiger partial charge is 0.472 e. The van der Waals surface area contributed by atoms with Crippen LogP contribution in [0.3, 0.4) is 0 Å². The number of nitrogens with one attached hydrogen (secondary N) is 1. The maximum Gasteiger partial charge on any atom is 0.255 e. The number of likely N-dealkylation sites (tertiary alicyclic amines) is 2. The molecule has 0 atom stereocenters. The van der Waals surface area contributed by atoms with Crippen molar-refractivity contribution >= 4 is 22.8 Å². The Morgan fingerprint density at radius 2 is 1.18 bits per heavy atom. The average Bonchev–Trinajstić information content (AvgIpc) is 3.82. The van der Waals surface area contributed by atoms with Crippen LogP contribution < -0.4 is 11.1 Å². The normalized spacial score (nSPS) is 16.1. The third-order valence-corrected chi connectivity index (χ3v) is 8.42. The van der Waals surface area contributed by atoms with Gasteiger partial charge in [0.2, 0.25) is 0 Å². The lowest BCUT2D eigenvalue weighted by atomic mass is 10.0. The first-order valence-electron chi connectivity index (χ1n) is 15.8. The monoisotopic (exact) mass is 632 g/mol. The topological polar surface area (TPSA) is 105 Å². The van der Waals surface area contributed by atoms with Crippen molar-refractivity contribution in [2.24, 2.45) is 5.73 Å². The SMILES string of the molecule is NC1CCN(CCc2ccccc2)CC1.O=C(Cl)c1ccoc1.O=C(NC1CCN(CCc2ccccc2)CC1)c1ccoc1. The van der Waals surface area contributed by atoms with Crippen LogP contribution in [0, 0.1) is 0 Å². The second-order valence-corrected chi connectivity index (χ2v) is 11.9. The minimum absolute atomic E-state index is 0.0310. The van der Waals surface area contributed by atoms with Crippen LogP contribution in [0.4, 0.5) is 0 Å². The predicted molar refractivity (Wildman–Crippen MR) is 178 cm³/mol. The molecule has 4 heterocycles. The highest BCUT2D eigenvalue weighted by molar-refractivity contribution is 6.67. The first kappa shape index (κ1) is 34.2. The molecule has 3 N–H and O–H groups in total. The Hall–Kier alpha value is -3.69. The number of benzene rings is 2. The molecule has 0 radical (unpaired) electrons. The number of hydrogen-bond donors (Lipinski definition) is 2. The summed E-state index contributed by atoms with van der Waals surface area (Å²) >= 11 is 5.05. The van der Waals surface area contributed by atoms with E-state index in [9.17, 15) is 9.59 Å². The van der Waals surface area contributed by atoms with E-state index < -0.39 is 5.24 Å². The molecule has 2 saturated heterocycles. The van der Waals surface area contributed by atoms with Gasteiger partial charge in [-0.15, -0.1) is 0 Å². The van der Waals surface area contributed by atoms with Crippen molar-refractivity contribution < 1.29 is 18.4 Å². The van der Waals surface area contributed by atoms with Crippen LogP contribution in [0.2, 0.25) is 0 Å². The minimum atomic E-state index is -0.487. The van der Waals surface area contributed by atoms with Crippen molar-refractivity contribution in [2.45, 2.75) is 50.6 Å². The number of hydrogen-bond acceptors (Lipinski definition) is 7. The van der Waals surface area contributed by atoms with E-state index in [0.29, 0.717) is 17.2 Å². The molecule has 0 spiro atoms. The fourth-order valence-electron chi connectivity index (χ4n) is 5.38. The fraction of sp³-hybridized carbons (Fsp3) is 0.389. The van der Waals surface area contributed by atoms with Crippen LogP contribution in [-0.2, 0) is 12.8 Å². The Labute approximate surface area is 271 Å². The number of nitrogens with zero attached hydrogens (tertiary/aromatic N) is 2. The zero-order chi connectivity index (χ0) is 31.7. The molecule has 6 rings (SSSR count). The van der Waals surface area contributed by atoms with E-state index in [4.69, 9.17) is 21.8 Å². The predicted octanol–water partition coefficient (Wildman–Crippen LogP) is 6.03. The van der Waals surface area contributed by atoms with E-state index in [0.717, 1.165) is 58.2 Å². The number of carbonyl (C=O) groups is 2. The van der Waals surface area contributed by atoms with Gasteiger partial charge in [-0.05, 0) is 86.5 Å². The van der Waals surface area contributed by atoms with Gasteiger partial charge in [-0.1, -0.05) is 60.7 Å². The molecule has 0 saturated carbocycles. The Bertz CT molecular complexity index is 1350. The van der Waals surface area contributed by atoms with E-state index in [1.165, 1.54) is 61.9 Å². The molecular formula is C36H45ClN4O4. The van der Waals surface area contributed by atoms with E-state index >= 15 is 0 Å². The van der Waals surface area contributed by atoms with E-state index in [1.54, 1.807) is 6.07 Å². The molecule has 8 nitrogen and oxygen atoms in total. The summed E-state index contributed by atoms with van der Waals surface area (Å²) in [6.07, 6.45) is 12.3. The van der Waals surface area contributed by atoms with Gasteiger partial charge >= 0.3 is 0 Å². The van der Waals surface area contributed by atoms with Crippen molar-refractivity contribution in [3.8, 4) is 0 Å². The Balaban J connectivity index is 0.000000172. The number of rotatable bonds is 9. The van der Waals surface area contributed by atoms with Crippen LogP contribution >= 0.6 is 11.6 Å². The summed E-state index contributed by atoms with van der Waals surface area (Å²) < 4.78 is 9.52. The van der Waals surface area contributed by atoms with Crippen molar-refractivity contribution in [1.29, 1.82) is 0 Å². The third-order valence-electron chi connectivity index (χ3n) is 8.21. The summed E-state index contributed by atoms with van der Waals surface area (Å²) in [6, 6.07) is 25.2. The molecule has 4 aromatic rings. The lowest BCUT2D eigenvalue weighted by molar-refractivity contribution is 0.0910. The number of piperidine rings is 2. The Morgan fingerprint density at radius 3 is 1.60 bits per heavy atom. The van der Waals surface area contributed by atoms with Crippen LogP contribution in [0.25, 0.3) is 0 Å². The van der Waals surface area contributed by atoms with Crippen LogP contribution in [-0.4, -0.2) is 72.3 Å². The van der Waals surface area contributed by atoms with E-state index in [-0.39, 0.29) is 11.9 Å². The summed E-state index contributed by atoms with van der Waals surface area (Å²) in [4.78, 5) is 27.2. The van der Waals surface area contributed by atoms with E-state index in [1.807, 2.05) is 0 Å². The molecule has 2 aromatic carbocycles. The summed E-state index contributed by atoms with van der Waals surface area (Å²) in [7, 11) is 0. The van der Waals surface area contributed by atoms with Gasteiger partial charge in [0.1, 0.15) is 12.5 Å².